The van der Waals surface area contributed by atoms with E-state index >= 15 is 0 Å². The molecule has 3 aliphatic rings. The SMILES string of the molecule is C=CC[C@@H](O[C@@H]1O[C@H](COC(=O)c2ccccc2)[C@H](OC(=O)c2ccccc2)[C@H](OC(=O)c2ccccc2)[C@H]1OC(=O)c1ccccc1)[C@@]1(C)CC[C@@H]2c3ccc(OC)cc3CC[C@H]2[C@@H]1CC=C. The van der Waals surface area contributed by atoms with E-state index < -0.39 is 72.7 Å². The molecule has 2 fully saturated rings. The number of allylic oxidation sites excluding steroid dienone is 1. The summed E-state index contributed by atoms with van der Waals surface area (Å²) in [7, 11) is 1.69. The molecule has 5 aromatic carbocycles. The first-order valence-corrected chi connectivity index (χ1v) is 23.3. The monoisotopic (exact) mass is 918 g/mol. The van der Waals surface area contributed by atoms with Gasteiger partial charge in [-0.15, -0.1) is 13.2 Å². The van der Waals surface area contributed by atoms with Crippen LogP contribution in [0.15, 0.2) is 165 Å². The summed E-state index contributed by atoms with van der Waals surface area (Å²) < 4.78 is 44.7. The molecule has 0 bridgehead atoms. The molecule has 352 valence electrons. The summed E-state index contributed by atoms with van der Waals surface area (Å²) in [5, 5.41) is 0. The molecule has 0 N–H and O–H groups in total. The first kappa shape index (κ1) is 47.7. The third-order valence-electron chi connectivity index (χ3n) is 13.9. The number of benzene rings is 5. The topological polar surface area (TPSA) is 133 Å². The van der Waals surface area contributed by atoms with Crippen LogP contribution in [0.25, 0.3) is 0 Å². The Labute approximate surface area is 398 Å². The fourth-order valence-electron chi connectivity index (χ4n) is 10.5. The zero-order valence-electron chi connectivity index (χ0n) is 38.5. The van der Waals surface area contributed by atoms with Crippen LogP contribution in [-0.4, -0.2) is 74.4 Å². The standard InChI is InChI=1S/C57H58O11/c1-5-19-46-45-31-29-41-35-42(62-4)30-32-43(41)44(45)33-34-57(46,3)48(20-6-2)65-56-51(68-55(61)40-27-17-10-18-28-40)50(67-54(60)39-25-15-9-16-26-39)49(66-53(59)38-23-13-8-14-24-38)47(64-56)36-63-52(58)37-21-11-7-12-22-37/h5-18,21-28,30,32,35,44-51,56H,1-2,19-20,29,31,33-34,36H2,3-4H3/t44-,45-,46+,47-,48-,49+,50+,51-,56+,57+/m1/s1. The van der Waals surface area contributed by atoms with Gasteiger partial charge in [0, 0.05) is 0 Å². The van der Waals surface area contributed by atoms with Crippen LogP contribution in [0, 0.1) is 17.3 Å². The van der Waals surface area contributed by atoms with Gasteiger partial charge in [-0.1, -0.05) is 97.9 Å². The van der Waals surface area contributed by atoms with Crippen LogP contribution in [0.4, 0.5) is 0 Å². The first-order chi connectivity index (χ1) is 33.1. The maximum absolute atomic E-state index is 14.3. The van der Waals surface area contributed by atoms with E-state index in [0.717, 1.165) is 31.4 Å². The Bertz CT molecular complexity index is 2530. The highest BCUT2D eigenvalue weighted by molar-refractivity contribution is 5.91. The largest absolute Gasteiger partial charge is 0.497 e. The molecule has 0 amide bonds. The molecule has 68 heavy (non-hydrogen) atoms. The predicted octanol–water partition coefficient (Wildman–Crippen LogP) is 10.6. The van der Waals surface area contributed by atoms with E-state index in [0.29, 0.717) is 18.8 Å². The summed E-state index contributed by atoms with van der Waals surface area (Å²) in [6, 6.07) is 39.8. The van der Waals surface area contributed by atoms with Gasteiger partial charge in [0.1, 0.15) is 18.5 Å². The minimum Gasteiger partial charge on any atom is -0.497 e. The molecule has 1 aliphatic heterocycles. The van der Waals surface area contributed by atoms with Crippen LogP contribution in [0.5, 0.6) is 5.75 Å². The second kappa shape index (κ2) is 21.9. The van der Waals surface area contributed by atoms with Gasteiger partial charge in [-0.05, 0) is 133 Å². The van der Waals surface area contributed by atoms with Crippen LogP contribution in [0.3, 0.4) is 0 Å². The Morgan fingerprint density at radius 2 is 1.21 bits per heavy atom. The summed E-state index contributed by atoms with van der Waals surface area (Å²) in [6.45, 7) is 10.1. The van der Waals surface area contributed by atoms with Crippen molar-refractivity contribution in [3.8, 4) is 5.75 Å². The third-order valence-corrected chi connectivity index (χ3v) is 13.9. The van der Waals surface area contributed by atoms with Gasteiger partial charge in [-0.25, -0.2) is 19.2 Å². The normalized spacial score (nSPS) is 25.5. The number of carbonyl (C=O) groups is 4. The Kier molecular flexibility index (Phi) is 15.3. The van der Waals surface area contributed by atoms with Gasteiger partial charge < -0.3 is 33.2 Å². The quantitative estimate of drug-likeness (QED) is 0.0501. The Hall–Kier alpha value is -6.82. The van der Waals surface area contributed by atoms with Gasteiger partial charge >= 0.3 is 23.9 Å². The highest BCUT2D eigenvalue weighted by atomic mass is 16.7. The minimum atomic E-state index is -1.55. The Morgan fingerprint density at radius 3 is 1.74 bits per heavy atom. The number of carbonyl (C=O) groups excluding carboxylic acids is 4. The van der Waals surface area contributed by atoms with E-state index in [1.165, 1.54) is 11.1 Å². The zero-order valence-corrected chi connectivity index (χ0v) is 38.5. The molecule has 0 unspecified atom stereocenters. The van der Waals surface area contributed by atoms with E-state index in [9.17, 15) is 19.2 Å². The molecule has 5 aromatic rings. The lowest BCUT2D eigenvalue weighted by Crippen LogP contribution is -2.64. The molecule has 1 saturated heterocycles. The fourth-order valence-corrected chi connectivity index (χ4v) is 10.5. The van der Waals surface area contributed by atoms with Gasteiger partial charge in [0.05, 0.1) is 35.5 Å². The molecule has 1 heterocycles. The summed E-state index contributed by atoms with van der Waals surface area (Å²) in [6.07, 6.45) is 0.464. The summed E-state index contributed by atoms with van der Waals surface area (Å²) in [5.41, 5.74) is 3.03. The van der Waals surface area contributed by atoms with Crippen molar-refractivity contribution in [3.05, 3.63) is 198 Å². The van der Waals surface area contributed by atoms with E-state index in [1.54, 1.807) is 135 Å². The smallest absolute Gasteiger partial charge is 0.338 e. The maximum Gasteiger partial charge on any atom is 0.338 e. The number of fused-ring (bicyclic) bond motifs is 3. The molecule has 1 saturated carbocycles. The lowest BCUT2D eigenvalue weighted by Gasteiger charge is -2.55. The summed E-state index contributed by atoms with van der Waals surface area (Å²) >= 11 is 0. The van der Waals surface area contributed by atoms with Crippen molar-refractivity contribution in [1.82, 2.24) is 0 Å². The van der Waals surface area contributed by atoms with Crippen molar-refractivity contribution in [2.45, 2.75) is 88.2 Å². The summed E-state index contributed by atoms with van der Waals surface area (Å²) in [5.74, 6) is -1.45. The van der Waals surface area contributed by atoms with Gasteiger partial charge in [-0.2, -0.15) is 0 Å². The van der Waals surface area contributed by atoms with Crippen LogP contribution in [-0.2, 0) is 34.8 Å². The van der Waals surface area contributed by atoms with Gasteiger partial charge in [0.2, 0.25) is 0 Å². The molecule has 11 nitrogen and oxygen atoms in total. The number of hydrogen-bond acceptors (Lipinski definition) is 11. The lowest BCUT2D eigenvalue weighted by molar-refractivity contribution is -0.320. The number of methoxy groups -OCH3 is 1. The molecule has 10 atom stereocenters. The van der Waals surface area contributed by atoms with Crippen molar-refractivity contribution in [2.75, 3.05) is 13.7 Å². The second-order valence-corrected chi connectivity index (χ2v) is 17.9. The van der Waals surface area contributed by atoms with E-state index in [-0.39, 0.29) is 34.1 Å². The van der Waals surface area contributed by atoms with Crippen LogP contribution < -0.4 is 4.74 Å². The van der Waals surface area contributed by atoms with Crippen molar-refractivity contribution in [3.63, 3.8) is 0 Å². The average molecular weight is 919 g/mol. The van der Waals surface area contributed by atoms with Gasteiger partial charge in [-0.3, -0.25) is 0 Å². The average Bonchev–Trinajstić information content (AvgIpc) is 3.38. The molecule has 0 spiro atoms. The Balaban J connectivity index is 1.21. The van der Waals surface area contributed by atoms with Gasteiger partial charge in [0.25, 0.3) is 0 Å². The van der Waals surface area contributed by atoms with Crippen LogP contribution >= 0.6 is 0 Å². The zero-order chi connectivity index (χ0) is 47.6. The first-order valence-electron chi connectivity index (χ1n) is 23.3. The number of rotatable bonds is 17. The molecular weight excluding hydrogens is 861 g/mol. The highest BCUT2D eigenvalue weighted by Crippen LogP contribution is 2.58. The molecular formula is C57H58O11. The number of ether oxygens (including phenoxy) is 7. The third kappa shape index (κ3) is 10.5. The van der Waals surface area contributed by atoms with E-state index in [2.05, 4.69) is 32.2 Å². The van der Waals surface area contributed by atoms with E-state index in [1.807, 2.05) is 12.1 Å². The minimum absolute atomic E-state index is 0.0989. The van der Waals surface area contributed by atoms with Crippen LogP contribution in [0.1, 0.15) is 97.5 Å². The van der Waals surface area contributed by atoms with Gasteiger partial charge in [0.15, 0.2) is 24.6 Å². The number of aryl methyl sites for hydroxylation is 1. The fraction of sp³-hybridized carbons (Fsp3) is 0.333. The van der Waals surface area contributed by atoms with E-state index in [4.69, 9.17) is 33.2 Å². The highest BCUT2D eigenvalue weighted by Gasteiger charge is 2.57. The molecule has 2 aliphatic carbocycles. The predicted molar refractivity (Wildman–Crippen MR) is 255 cm³/mol. The molecule has 8 rings (SSSR count). The second-order valence-electron chi connectivity index (χ2n) is 17.9. The number of hydrogen-bond donors (Lipinski definition) is 0. The van der Waals surface area contributed by atoms with Crippen molar-refractivity contribution in [2.24, 2.45) is 17.3 Å². The van der Waals surface area contributed by atoms with Crippen molar-refractivity contribution >= 4 is 23.9 Å². The molecule has 11 heteroatoms. The van der Waals surface area contributed by atoms with Crippen LogP contribution in [0.2, 0.25) is 0 Å². The maximum atomic E-state index is 14.3. The van der Waals surface area contributed by atoms with Crippen molar-refractivity contribution in [1.29, 1.82) is 0 Å². The lowest BCUT2D eigenvalue weighted by atomic mass is 9.52. The molecule has 0 radical (unpaired) electrons. The van der Waals surface area contributed by atoms with Crippen molar-refractivity contribution < 1.29 is 52.3 Å². The number of esters is 4. The summed E-state index contributed by atoms with van der Waals surface area (Å²) in [4.78, 5) is 56.2. The Morgan fingerprint density at radius 1 is 0.676 bits per heavy atom. The molecule has 0 aromatic heterocycles.